The van der Waals surface area contributed by atoms with Gasteiger partial charge in [-0.25, -0.2) is 0 Å². The number of ether oxygens (including phenoxy) is 1. The van der Waals surface area contributed by atoms with Crippen LogP contribution < -0.4 is 10.2 Å². The highest BCUT2D eigenvalue weighted by molar-refractivity contribution is 5.90. The number of aliphatic hydroxyl groups excluding tert-OH is 1. The van der Waals surface area contributed by atoms with Crippen LogP contribution in [-0.2, 0) is 6.54 Å². The molecule has 1 aliphatic heterocycles. The monoisotopic (exact) mass is 426 g/mol. The lowest BCUT2D eigenvalue weighted by Gasteiger charge is -2.34. The first-order valence-corrected chi connectivity index (χ1v) is 10.2. The number of hydrogen-bond acceptors (Lipinski definition) is 8. The summed E-state index contributed by atoms with van der Waals surface area (Å²) in [4.78, 5) is 17.5. The van der Waals surface area contributed by atoms with Crippen molar-refractivity contribution in [1.29, 1.82) is 0 Å². The summed E-state index contributed by atoms with van der Waals surface area (Å²) in [5.41, 5.74) is 1.27. The molecule has 8 nitrogen and oxygen atoms in total. The molecule has 1 saturated heterocycles. The predicted molar refractivity (Wildman–Crippen MR) is 117 cm³/mol. The van der Waals surface area contributed by atoms with Crippen LogP contribution in [0, 0.1) is 0 Å². The van der Waals surface area contributed by atoms with E-state index in [0.29, 0.717) is 35.5 Å². The molecule has 3 N–H and O–H groups in total. The van der Waals surface area contributed by atoms with Crippen molar-refractivity contribution in [2.45, 2.75) is 6.54 Å². The summed E-state index contributed by atoms with van der Waals surface area (Å²) in [5, 5.41) is 30.1. The number of phenols is 2. The van der Waals surface area contributed by atoms with E-state index < -0.39 is 0 Å². The fraction of sp³-hybridized carbons (Fsp3) is 0.348. The summed E-state index contributed by atoms with van der Waals surface area (Å²) < 4.78 is 11.0. The van der Waals surface area contributed by atoms with Crippen LogP contribution in [0.3, 0.4) is 0 Å². The zero-order valence-corrected chi connectivity index (χ0v) is 17.4. The molecule has 8 heteroatoms. The first kappa shape index (κ1) is 21.2. The molecule has 4 rings (SSSR count). The van der Waals surface area contributed by atoms with Crippen molar-refractivity contribution < 1.29 is 24.5 Å². The first-order chi connectivity index (χ1) is 15.0. The minimum atomic E-state index is -0.363. The number of aromatic hydroxyl groups is 2. The minimum absolute atomic E-state index is 0.0556. The smallest absolute Gasteiger partial charge is 0.204 e. The number of benzene rings is 2. The number of methoxy groups -OCH3 is 1. The molecule has 31 heavy (non-hydrogen) atoms. The Morgan fingerprint density at radius 1 is 1.03 bits per heavy atom. The summed E-state index contributed by atoms with van der Waals surface area (Å²) >= 11 is 0. The lowest BCUT2D eigenvalue weighted by molar-refractivity contribution is 0.108. The van der Waals surface area contributed by atoms with E-state index in [1.54, 1.807) is 31.4 Å². The number of hydrogen-bond donors (Lipinski definition) is 3. The number of rotatable bonds is 6. The molecule has 3 aromatic rings. The van der Waals surface area contributed by atoms with E-state index in [1.165, 1.54) is 12.3 Å². The molecule has 0 radical (unpaired) electrons. The molecule has 0 saturated carbocycles. The summed E-state index contributed by atoms with van der Waals surface area (Å²) in [5.74, 6) is 0.249. The second-order valence-electron chi connectivity index (χ2n) is 7.65. The number of nitrogens with zero attached hydrogens (tertiary/aromatic N) is 2. The molecule has 1 fully saturated rings. The van der Waals surface area contributed by atoms with Gasteiger partial charge >= 0.3 is 0 Å². The lowest BCUT2D eigenvalue weighted by Crippen LogP contribution is -2.46. The number of piperazine rings is 1. The quantitative estimate of drug-likeness (QED) is 0.550. The van der Waals surface area contributed by atoms with Crippen molar-refractivity contribution in [2.75, 3.05) is 46.4 Å². The summed E-state index contributed by atoms with van der Waals surface area (Å²) in [6, 6.07) is 8.20. The Morgan fingerprint density at radius 3 is 2.35 bits per heavy atom. The van der Waals surface area contributed by atoms with Gasteiger partial charge in [0.25, 0.3) is 0 Å². The highest BCUT2D eigenvalue weighted by atomic mass is 16.5. The average molecular weight is 426 g/mol. The van der Waals surface area contributed by atoms with Crippen LogP contribution >= 0.6 is 0 Å². The van der Waals surface area contributed by atoms with E-state index in [4.69, 9.17) is 14.3 Å². The molecule has 2 heterocycles. The third-order valence-electron chi connectivity index (χ3n) is 5.77. The van der Waals surface area contributed by atoms with Crippen LogP contribution in [0.1, 0.15) is 5.56 Å². The maximum Gasteiger partial charge on any atom is 0.204 e. The molecular formula is C23H26N2O6. The van der Waals surface area contributed by atoms with Gasteiger partial charge in [-0.3, -0.25) is 14.6 Å². The number of fused-ring (bicyclic) bond motifs is 1. The molecule has 1 aromatic heterocycles. The van der Waals surface area contributed by atoms with Crippen LogP contribution in [0.25, 0.3) is 22.1 Å². The largest absolute Gasteiger partial charge is 0.507 e. The van der Waals surface area contributed by atoms with Gasteiger partial charge in [0.2, 0.25) is 5.43 Å². The second-order valence-corrected chi connectivity index (χ2v) is 7.65. The summed E-state index contributed by atoms with van der Waals surface area (Å²) in [6.45, 7) is 4.30. The van der Waals surface area contributed by atoms with Gasteiger partial charge in [0.1, 0.15) is 34.5 Å². The lowest BCUT2D eigenvalue weighted by atomic mass is 10.0. The molecular weight excluding hydrogens is 400 g/mol. The molecule has 0 atom stereocenters. The molecule has 164 valence electrons. The molecule has 2 aromatic carbocycles. The molecule has 0 bridgehead atoms. The van der Waals surface area contributed by atoms with E-state index in [9.17, 15) is 15.0 Å². The Hall–Kier alpha value is -3.07. The van der Waals surface area contributed by atoms with Gasteiger partial charge in [0, 0.05) is 45.3 Å². The van der Waals surface area contributed by atoms with Crippen LogP contribution in [0.5, 0.6) is 17.2 Å². The van der Waals surface area contributed by atoms with Crippen molar-refractivity contribution in [3.63, 3.8) is 0 Å². The maximum atomic E-state index is 13.2. The Morgan fingerprint density at radius 2 is 1.71 bits per heavy atom. The highest BCUT2D eigenvalue weighted by Crippen LogP contribution is 2.35. The third kappa shape index (κ3) is 4.23. The first-order valence-electron chi connectivity index (χ1n) is 10.2. The van der Waals surface area contributed by atoms with Crippen LogP contribution in [0.15, 0.2) is 45.8 Å². The third-order valence-corrected chi connectivity index (χ3v) is 5.77. The van der Waals surface area contributed by atoms with Crippen LogP contribution in [-0.4, -0.2) is 71.6 Å². The standard InChI is InChI=1S/C23H26N2O6/c1-30-16-4-2-15(3-5-16)18-14-31-23-17(19(27)12-20(28)21(23)22(18)29)13-25-8-6-24(7-9-25)10-11-26/h2-5,12,14,26-28H,6-11,13H2,1H3. The molecule has 0 aliphatic carbocycles. The minimum Gasteiger partial charge on any atom is -0.507 e. The van der Waals surface area contributed by atoms with Crippen molar-refractivity contribution in [1.82, 2.24) is 9.80 Å². The van der Waals surface area contributed by atoms with Gasteiger partial charge in [0.15, 0.2) is 0 Å². The van der Waals surface area contributed by atoms with Gasteiger partial charge in [-0.1, -0.05) is 12.1 Å². The molecule has 0 unspecified atom stereocenters. The molecule has 1 aliphatic rings. The fourth-order valence-electron chi connectivity index (χ4n) is 3.99. The van der Waals surface area contributed by atoms with E-state index in [2.05, 4.69) is 9.80 Å². The topological polar surface area (TPSA) is 107 Å². The maximum absolute atomic E-state index is 13.2. The van der Waals surface area contributed by atoms with Crippen molar-refractivity contribution in [3.8, 4) is 28.4 Å². The molecule has 0 amide bonds. The van der Waals surface area contributed by atoms with Crippen LogP contribution in [0.4, 0.5) is 0 Å². The Labute approximate surface area is 179 Å². The highest BCUT2D eigenvalue weighted by Gasteiger charge is 2.23. The van der Waals surface area contributed by atoms with E-state index in [1.807, 2.05) is 0 Å². The number of β-amino-alcohol motifs (C(OH)–C–C–N with tert-alkyl or cyclic N) is 1. The van der Waals surface area contributed by atoms with Crippen molar-refractivity contribution in [2.24, 2.45) is 0 Å². The van der Waals surface area contributed by atoms with Gasteiger partial charge in [-0.15, -0.1) is 0 Å². The molecule has 0 spiro atoms. The normalized spacial score (nSPS) is 15.4. The SMILES string of the molecule is COc1ccc(-c2coc3c(CN4CCN(CCO)CC4)c(O)cc(O)c3c2=O)cc1. The fourth-order valence-corrected chi connectivity index (χ4v) is 3.99. The zero-order chi connectivity index (χ0) is 22.0. The summed E-state index contributed by atoms with van der Waals surface area (Å²) in [7, 11) is 1.57. The Balaban J connectivity index is 1.69. The summed E-state index contributed by atoms with van der Waals surface area (Å²) in [6.07, 6.45) is 1.37. The number of phenolic OH excluding ortho intramolecular Hbond substituents is 2. The zero-order valence-electron chi connectivity index (χ0n) is 17.4. The van der Waals surface area contributed by atoms with Gasteiger partial charge in [-0.05, 0) is 17.7 Å². The van der Waals surface area contributed by atoms with E-state index in [0.717, 1.165) is 26.2 Å². The van der Waals surface area contributed by atoms with Gasteiger partial charge < -0.3 is 24.5 Å². The number of aliphatic hydroxyl groups is 1. The average Bonchev–Trinajstić information content (AvgIpc) is 2.78. The predicted octanol–water partition coefficient (Wildman–Crippen LogP) is 1.99. The van der Waals surface area contributed by atoms with E-state index in [-0.39, 0.29) is 34.5 Å². The van der Waals surface area contributed by atoms with Gasteiger partial charge in [0.05, 0.1) is 24.8 Å². The van der Waals surface area contributed by atoms with E-state index >= 15 is 0 Å². The van der Waals surface area contributed by atoms with Crippen LogP contribution in [0.2, 0.25) is 0 Å². The van der Waals surface area contributed by atoms with Crippen molar-refractivity contribution in [3.05, 3.63) is 52.4 Å². The van der Waals surface area contributed by atoms with Gasteiger partial charge in [-0.2, -0.15) is 0 Å². The Kier molecular flexibility index (Phi) is 6.13. The Bertz CT molecular complexity index is 1120. The second kappa shape index (κ2) is 8.97. The van der Waals surface area contributed by atoms with Crippen molar-refractivity contribution >= 4 is 11.0 Å².